The molecule has 0 saturated carbocycles. The number of fused-ring (bicyclic) bond motifs is 3. The van der Waals surface area contributed by atoms with Crippen molar-refractivity contribution >= 4 is 11.5 Å². The topological polar surface area (TPSA) is 88.2 Å². The van der Waals surface area contributed by atoms with Gasteiger partial charge in [0.15, 0.2) is 0 Å². The largest absolute Gasteiger partial charge is 0.490 e. The van der Waals surface area contributed by atoms with Crippen LogP contribution in [0.4, 0.5) is 5.82 Å². The number of rotatable bonds is 8. The molecule has 0 amide bonds. The zero-order valence-electron chi connectivity index (χ0n) is 22.3. The van der Waals surface area contributed by atoms with Crippen LogP contribution in [-0.2, 0) is 6.54 Å². The van der Waals surface area contributed by atoms with E-state index < -0.39 is 5.60 Å². The van der Waals surface area contributed by atoms with E-state index >= 15 is 0 Å². The van der Waals surface area contributed by atoms with Crippen LogP contribution in [0.25, 0.3) is 16.9 Å². The van der Waals surface area contributed by atoms with Crippen LogP contribution in [0.5, 0.6) is 11.6 Å². The molecule has 3 saturated heterocycles. The van der Waals surface area contributed by atoms with Gasteiger partial charge in [0.25, 0.3) is 0 Å². The SMILES string of the molecule is COc1ccc(CN2C3CC2CN(c2ccc(-c4cc(OCC(C)(C)O)cc5ncc(C)n45)cn2)C3)cn1. The average Bonchev–Trinajstić information content (AvgIpc) is 3.30. The molecular weight excluding hydrogens is 480 g/mol. The van der Waals surface area contributed by atoms with E-state index in [2.05, 4.69) is 42.4 Å². The molecule has 7 rings (SSSR count). The minimum atomic E-state index is -0.920. The van der Waals surface area contributed by atoms with E-state index in [1.807, 2.05) is 43.7 Å². The van der Waals surface area contributed by atoms with Gasteiger partial charge in [-0.05, 0) is 44.9 Å². The summed E-state index contributed by atoms with van der Waals surface area (Å²) in [7, 11) is 1.64. The van der Waals surface area contributed by atoms with Crippen LogP contribution in [0.15, 0.2) is 55.0 Å². The third-order valence-electron chi connectivity index (χ3n) is 7.43. The lowest BCUT2D eigenvalue weighted by Gasteiger charge is -2.56. The lowest BCUT2D eigenvalue weighted by Crippen LogP contribution is -2.68. The number of piperidine rings is 1. The predicted octanol–water partition coefficient (Wildman–Crippen LogP) is 3.72. The van der Waals surface area contributed by atoms with Gasteiger partial charge in [-0.3, -0.25) is 9.30 Å². The molecule has 38 heavy (non-hydrogen) atoms. The number of hydrogen-bond acceptors (Lipinski definition) is 8. The van der Waals surface area contributed by atoms with Gasteiger partial charge in [0, 0.05) is 79.8 Å². The molecule has 4 aromatic heterocycles. The van der Waals surface area contributed by atoms with Gasteiger partial charge < -0.3 is 19.5 Å². The number of aromatic nitrogens is 4. The first kappa shape index (κ1) is 24.6. The van der Waals surface area contributed by atoms with E-state index in [4.69, 9.17) is 14.5 Å². The Morgan fingerprint density at radius 3 is 2.47 bits per heavy atom. The molecule has 3 fully saturated rings. The summed E-state index contributed by atoms with van der Waals surface area (Å²) in [6.07, 6.45) is 6.93. The molecule has 2 atom stereocenters. The number of aliphatic hydroxyl groups is 1. The molecule has 7 heterocycles. The second-order valence-corrected chi connectivity index (χ2v) is 11.0. The quantitative estimate of drug-likeness (QED) is 0.381. The van der Waals surface area contributed by atoms with Crippen LogP contribution >= 0.6 is 0 Å². The van der Waals surface area contributed by atoms with Crippen molar-refractivity contribution in [3.05, 3.63) is 66.2 Å². The highest BCUT2D eigenvalue weighted by molar-refractivity contribution is 5.67. The number of nitrogens with zero attached hydrogens (tertiary/aromatic N) is 6. The number of hydrogen-bond donors (Lipinski definition) is 1. The normalized spacial score (nSPS) is 19.4. The van der Waals surface area contributed by atoms with Gasteiger partial charge in [-0.1, -0.05) is 6.07 Å². The van der Waals surface area contributed by atoms with E-state index in [1.54, 1.807) is 21.0 Å². The fourth-order valence-corrected chi connectivity index (χ4v) is 5.49. The van der Waals surface area contributed by atoms with Crippen LogP contribution < -0.4 is 14.4 Å². The Morgan fingerprint density at radius 2 is 1.82 bits per heavy atom. The maximum Gasteiger partial charge on any atom is 0.212 e. The summed E-state index contributed by atoms with van der Waals surface area (Å²) in [6.45, 7) is 8.55. The maximum atomic E-state index is 10.1. The summed E-state index contributed by atoms with van der Waals surface area (Å²) in [6, 6.07) is 13.2. The van der Waals surface area contributed by atoms with Crippen molar-refractivity contribution in [3.63, 3.8) is 0 Å². The van der Waals surface area contributed by atoms with Crippen LogP contribution in [0, 0.1) is 6.92 Å². The molecule has 4 aromatic rings. The van der Waals surface area contributed by atoms with Crippen molar-refractivity contribution in [2.24, 2.45) is 0 Å². The van der Waals surface area contributed by atoms with Gasteiger partial charge in [-0.15, -0.1) is 0 Å². The summed E-state index contributed by atoms with van der Waals surface area (Å²) in [5.74, 6) is 2.32. The highest BCUT2D eigenvalue weighted by Gasteiger charge is 2.44. The molecule has 0 spiro atoms. The Hall–Kier alpha value is -3.69. The predicted molar refractivity (Wildman–Crippen MR) is 146 cm³/mol. The minimum absolute atomic E-state index is 0.197. The van der Waals surface area contributed by atoms with E-state index in [9.17, 15) is 5.11 Å². The fraction of sp³-hybridized carbons (Fsp3) is 0.414. The third kappa shape index (κ3) is 4.79. The molecule has 1 N–H and O–H groups in total. The van der Waals surface area contributed by atoms with Crippen LogP contribution in [0.1, 0.15) is 31.5 Å². The second kappa shape index (κ2) is 9.56. The van der Waals surface area contributed by atoms with E-state index in [1.165, 1.54) is 12.0 Å². The molecule has 3 aliphatic heterocycles. The Morgan fingerprint density at radius 1 is 1.00 bits per heavy atom. The Balaban J connectivity index is 1.17. The number of aryl methyl sites for hydroxylation is 1. The van der Waals surface area contributed by atoms with Gasteiger partial charge in [-0.25, -0.2) is 15.0 Å². The molecule has 198 valence electrons. The molecule has 9 nitrogen and oxygen atoms in total. The number of pyridine rings is 3. The van der Waals surface area contributed by atoms with Gasteiger partial charge in [0.1, 0.15) is 23.8 Å². The number of imidazole rings is 1. The van der Waals surface area contributed by atoms with Crippen LogP contribution in [-0.4, -0.2) is 73.8 Å². The summed E-state index contributed by atoms with van der Waals surface area (Å²) in [5, 5.41) is 10.1. The third-order valence-corrected chi connectivity index (χ3v) is 7.43. The van der Waals surface area contributed by atoms with Gasteiger partial charge >= 0.3 is 0 Å². The highest BCUT2D eigenvalue weighted by atomic mass is 16.5. The van der Waals surface area contributed by atoms with Crippen LogP contribution in [0.2, 0.25) is 0 Å². The van der Waals surface area contributed by atoms with E-state index in [0.29, 0.717) is 23.7 Å². The molecule has 2 bridgehead atoms. The molecule has 9 heteroatoms. The molecular formula is C29H34N6O3. The van der Waals surface area contributed by atoms with Crippen molar-refractivity contribution in [2.45, 2.75) is 51.4 Å². The van der Waals surface area contributed by atoms with Crippen molar-refractivity contribution < 1.29 is 14.6 Å². The Bertz CT molecular complexity index is 1420. The first-order valence-corrected chi connectivity index (χ1v) is 13.1. The average molecular weight is 515 g/mol. The number of piperazine rings is 1. The summed E-state index contributed by atoms with van der Waals surface area (Å²) in [4.78, 5) is 18.7. The molecule has 3 aliphatic rings. The van der Waals surface area contributed by atoms with Gasteiger partial charge in [0.2, 0.25) is 5.88 Å². The Labute approximate surface area is 222 Å². The van der Waals surface area contributed by atoms with Gasteiger partial charge in [-0.2, -0.15) is 0 Å². The molecule has 0 aliphatic carbocycles. The second-order valence-electron chi connectivity index (χ2n) is 11.0. The van der Waals surface area contributed by atoms with Crippen molar-refractivity contribution in [2.75, 3.05) is 31.7 Å². The van der Waals surface area contributed by atoms with Crippen LogP contribution in [0.3, 0.4) is 0 Å². The maximum absolute atomic E-state index is 10.1. The first-order chi connectivity index (χ1) is 18.3. The molecule has 0 aromatic carbocycles. The smallest absolute Gasteiger partial charge is 0.212 e. The zero-order chi connectivity index (χ0) is 26.4. The fourth-order valence-electron chi connectivity index (χ4n) is 5.49. The molecule has 0 radical (unpaired) electrons. The zero-order valence-corrected chi connectivity index (χ0v) is 22.3. The highest BCUT2D eigenvalue weighted by Crippen LogP contribution is 2.36. The van der Waals surface area contributed by atoms with Crippen molar-refractivity contribution in [3.8, 4) is 22.9 Å². The van der Waals surface area contributed by atoms with Gasteiger partial charge in [0.05, 0.1) is 18.4 Å². The molecule has 2 unspecified atom stereocenters. The minimum Gasteiger partial charge on any atom is -0.490 e. The van der Waals surface area contributed by atoms with E-state index in [0.717, 1.165) is 48.1 Å². The summed E-state index contributed by atoms with van der Waals surface area (Å²) < 4.78 is 13.2. The number of anilines is 1. The van der Waals surface area contributed by atoms with Crippen molar-refractivity contribution in [1.29, 1.82) is 0 Å². The summed E-state index contributed by atoms with van der Waals surface area (Å²) >= 11 is 0. The Kier molecular flexibility index (Phi) is 6.20. The lowest BCUT2D eigenvalue weighted by molar-refractivity contribution is -0.00876. The first-order valence-electron chi connectivity index (χ1n) is 13.1. The standard InChI is InChI=1S/C29H34N6O3/c1-19-12-30-27-11-24(38-18-29(2,3)36)10-25(35(19)27)21-6-7-26(31-14-21)33-16-22-9-23(17-33)34(22)15-20-5-8-28(37-4)32-13-20/h5-8,10-14,22-23,36H,9,15-18H2,1-4H3. The summed E-state index contributed by atoms with van der Waals surface area (Å²) in [5.41, 5.74) is 4.09. The monoisotopic (exact) mass is 514 g/mol. The number of ether oxygens (including phenoxy) is 2. The van der Waals surface area contributed by atoms with E-state index in [-0.39, 0.29) is 6.61 Å². The lowest BCUT2D eigenvalue weighted by atomic mass is 9.87. The van der Waals surface area contributed by atoms with Crippen molar-refractivity contribution in [1.82, 2.24) is 24.3 Å². The number of methoxy groups -OCH3 is 1.